The molecule has 1 unspecified atom stereocenters. The summed E-state index contributed by atoms with van der Waals surface area (Å²) in [6.45, 7) is 4.81. The standard InChI is InChI=1S/C13H18N4O2S/c1-3-15-10(2)11-6-4-5-7-12(11)17-20(18,19)13-8-14-9-16-13/h4-10,15,17H,3H2,1-2H3,(H,14,16). The highest BCUT2D eigenvalue weighted by Gasteiger charge is 2.18. The van der Waals surface area contributed by atoms with Crippen LogP contribution in [0.3, 0.4) is 0 Å². The van der Waals surface area contributed by atoms with Crippen LogP contribution >= 0.6 is 0 Å². The van der Waals surface area contributed by atoms with Crippen molar-refractivity contribution in [2.45, 2.75) is 24.9 Å². The van der Waals surface area contributed by atoms with Crippen LogP contribution < -0.4 is 10.0 Å². The second-order valence-corrected chi connectivity index (χ2v) is 6.04. The zero-order valence-corrected chi connectivity index (χ0v) is 12.2. The Morgan fingerprint density at radius 1 is 1.35 bits per heavy atom. The van der Waals surface area contributed by atoms with E-state index >= 15 is 0 Å². The van der Waals surface area contributed by atoms with Gasteiger partial charge < -0.3 is 10.3 Å². The van der Waals surface area contributed by atoms with E-state index in [0.29, 0.717) is 5.69 Å². The number of imidazole rings is 1. The molecule has 6 nitrogen and oxygen atoms in total. The number of rotatable bonds is 6. The molecular formula is C13H18N4O2S. The molecule has 2 aromatic rings. The summed E-state index contributed by atoms with van der Waals surface area (Å²) in [5.41, 5.74) is 1.47. The molecule has 0 saturated heterocycles. The SMILES string of the molecule is CCNC(C)c1ccccc1NS(=O)(=O)c1cnc[nH]1. The summed E-state index contributed by atoms with van der Waals surface area (Å²) in [7, 11) is -3.64. The topological polar surface area (TPSA) is 86.9 Å². The molecule has 1 heterocycles. The number of nitrogens with zero attached hydrogens (tertiary/aromatic N) is 1. The summed E-state index contributed by atoms with van der Waals surface area (Å²) in [5.74, 6) is 0. The molecule has 1 aromatic carbocycles. The Labute approximate surface area is 118 Å². The van der Waals surface area contributed by atoms with Gasteiger partial charge in [-0.15, -0.1) is 0 Å². The first-order valence-corrected chi connectivity index (χ1v) is 7.86. The summed E-state index contributed by atoms with van der Waals surface area (Å²) >= 11 is 0. The van der Waals surface area contributed by atoms with Gasteiger partial charge in [-0.05, 0) is 25.1 Å². The highest BCUT2D eigenvalue weighted by atomic mass is 32.2. The van der Waals surface area contributed by atoms with Crippen LogP contribution in [0.4, 0.5) is 5.69 Å². The van der Waals surface area contributed by atoms with Crippen LogP contribution in [0.5, 0.6) is 0 Å². The number of sulfonamides is 1. The van der Waals surface area contributed by atoms with Gasteiger partial charge in [-0.1, -0.05) is 25.1 Å². The molecule has 0 aliphatic rings. The van der Waals surface area contributed by atoms with E-state index < -0.39 is 10.0 Å². The normalized spacial score (nSPS) is 13.1. The van der Waals surface area contributed by atoms with E-state index in [1.165, 1.54) is 12.5 Å². The maximum absolute atomic E-state index is 12.2. The molecule has 0 saturated carbocycles. The number of H-pyrrole nitrogens is 1. The number of para-hydroxylation sites is 1. The van der Waals surface area contributed by atoms with Crippen molar-refractivity contribution < 1.29 is 8.42 Å². The van der Waals surface area contributed by atoms with Crippen LogP contribution in [0.15, 0.2) is 41.8 Å². The fourth-order valence-electron chi connectivity index (χ4n) is 1.97. The Morgan fingerprint density at radius 3 is 2.75 bits per heavy atom. The Bertz CT molecular complexity index is 653. The number of benzene rings is 1. The third-order valence-corrected chi connectivity index (χ3v) is 4.24. The van der Waals surface area contributed by atoms with Gasteiger partial charge in [-0.25, -0.2) is 4.98 Å². The van der Waals surface area contributed by atoms with Crippen molar-refractivity contribution in [1.29, 1.82) is 0 Å². The number of anilines is 1. The number of aromatic nitrogens is 2. The van der Waals surface area contributed by atoms with Crippen LogP contribution in [0.2, 0.25) is 0 Å². The van der Waals surface area contributed by atoms with E-state index in [4.69, 9.17) is 0 Å². The van der Waals surface area contributed by atoms with Crippen molar-refractivity contribution in [2.75, 3.05) is 11.3 Å². The molecule has 0 fully saturated rings. The van der Waals surface area contributed by atoms with E-state index in [9.17, 15) is 8.42 Å². The summed E-state index contributed by atoms with van der Waals surface area (Å²) in [5, 5.41) is 3.31. The quantitative estimate of drug-likeness (QED) is 0.759. The van der Waals surface area contributed by atoms with Crippen LogP contribution in [0.1, 0.15) is 25.5 Å². The lowest BCUT2D eigenvalue weighted by Gasteiger charge is -2.17. The molecule has 20 heavy (non-hydrogen) atoms. The van der Waals surface area contributed by atoms with Gasteiger partial charge in [-0.3, -0.25) is 4.72 Å². The van der Waals surface area contributed by atoms with Gasteiger partial charge in [0.15, 0.2) is 5.03 Å². The fourth-order valence-corrected chi connectivity index (χ4v) is 2.97. The lowest BCUT2D eigenvalue weighted by atomic mass is 10.1. The Morgan fingerprint density at radius 2 is 2.10 bits per heavy atom. The van der Waals surface area contributed by atoms with Crippen molar-refractivity contribution in [3.63, 3.8) is 0 Å². The molecule has 0 radical (unpaired) electrons. The largest absolute Gasteiger partial charge is 0.334 e. The van der Waals surface area contributed by atoms with Crippen molar-refractivity contribution in [2.24, 2.45) is 0 Å². The first kappa shape index (κ1) is 14.5. The van der Waals surface area contributed by atoms with Crippen LogP contribution in [-0.4, -0.2) is 24.9 Å². The molecule has 7 heteroatoms. The zero-order chi connectivity index (χ0) is 14.6. The number of hydrogen-bond donors (Lipinski definition) is 3. The number of hydrogen-bond acceptors (Lipinski definition) is 4. The van der Waals surface area contributed by atoms with E-state index in [0.717, 1.165) is 12.1 Å². The molecule has 0 aliphatic heterocycles. The molecule has 0 aliphatic carbocycles. The molecule has 108 valence electrons. The van der Waals surface area contributed by atoms with E-state index in [1.54, 1.807) is 12.1 Å². The number of nitrogens with one attached hydrogen (secondary N) is 3. The molecule has 0 spiro atoms. The highest BCUT2D eigenvalue weighted by Crippen LogP contribution is 2.24. The molecule has 2 rings (SSSR count). The minimum Gasteiger partial charge on any atom is -0.334 e. The van der Waals surface area contributed by atoms with Crippen LogP contribution in [-0.2, 0) is 10.0 Å². The van der Waals surface area contributed by atoms with Gasteiger partial charge in [0.2, 0.25) is 0 Å². The summed E-state index contributed by atoms with van der Waals surface area (Å²) < 4.78 is 27.0. The average Bonchev–Trinajstić information content (AvgIpc) is 2.94. The zero-order valence-electron chi connectivity index (χ0n) is 11.4. The first-order chi connectivity index (χ1) is 9.54. The predicted molar refractivity (Wildman–Crippen MR) is 77.9 cm³/mol. The third kappa shape index (κ3) is 3.17. The van der Waals surface area contributed by atoms with Gasteiger partial charge in [0.25, 0.3) is 10.0 Å². The molecular weight excluding hydrogens is 276 g/mol. The van der Waals surface area contributed by atoms with E-state index in [1.807, 2.05) is 26.0 Å². The van der Waals surface area contributed by atoms with Gasteiger partial charge in [0, 0.05) is 6.04 Å². The molecule has 1 atom stereocenters. The van der Waals surface area contributed by atoms with Crippen molar-refractivity contribution in [1.82, 2.24) is 15.3 Å². The smallest absolute Gasteiger partial charge is 0.278 e. The van der Waals surface area contributed by atoms with Gasteiger partial charge in [-0.2, -0.15) is 8.42 Å². The van der Waals surface area contributed by atoms with Crippen LogP contribution in [0.25, 0.3) is 0 Å². The van der Waals surface area contributed by atoms with Gasteiger partial charge >= 0.3 is 0 Å². The van der Waals surface area contributed by atoms with Crippen LogP contribution in [0, 0.1) is 0 Å². The lowest BCUT2D eigenvalue weighted by molar-refractivity contribution is 0.594. The van der Waals surface area contributed by atoms with Crippen molar-refractivity contribution in [3.8, 4) is 0 Å². The molecule has 3 N–H and O–H groups in total. The third-order valence-electron chi connectivity index (χ3n) is 2.94. The predicted octanol–water partition coefficient (Wildman–Crippen LogP) is 1.88. The first-order valence-electron chi connectivity index (χ1n) is 6.38. The Hall–Kier alpha value is -1.86. The molecule has 1 aromatic heterocycles. The maximum atomic E-state index is 12.2. The van der Waals surface area contributed by atoms with Gasteiger partial charge in [0.05, 0.1) is 18.2 Å². The molecule has 0 amide bonds. The van der Waals surface area contributed by atoms with E-state index in [2.05, 4.69) is 20.0 Å². The Balaban J connectivity index is 2.30. The van der Waals surface area contributed by atoms with Gasteiger partial charge in [0.1, 0.15) is 0 Å². The lowest BCUT2D eigenvalue weighted by Crippen LogP contribution is -2.21. The fraction of sp³-hybridized carbons (Fsp3) is 0.308. The Kier molecular flexibility index (Phi) is 4.41. The minimum atomic E-state index is -3.64. The van der Waals surface area contributed by atoms with E-state index in [-0.39, 0.29) is 11.1 Å². The monoisotopic (exact) mass is 294 g/mol. The second-order valence-electron chi connectivity index (χ2n) is 4.39. The highest BCUT2D eigenvalue weighted by molar-refractivity contribution is 7.92. The summed E-state index contributed by atoms with van der Waals surface area (Å²) in [6.07, 6.45) is 2.61. The minimum absolute atomic E-state index is 0.0448. The average molecular weight is 294 g/mol. The number of aromatic amines is 1. The summed E-state index contributed by atoms with van der Waals surface area (Å²) in [4.78, 5) is 6.32. The second kappa shape index (κ2) is 6.06. The van der Waals surface area contributed by atoms with Crippen molar-refractivity contribution >= 4 is 15.7 Å². The van der Waals surface area contributed by atoms with Crippen molar-refractivity contribution in [3.05, 3.63) is 42.4 Å². The molecule has 0 bridgehead atoms. The maximum Gasteiger partial charge on any atom is 0.278 e. The summed E-state index contributed by atoms with van der Waals surface area (Å²) in [6, 6.07) is 7.39.